The van der Waals surface area contributed by atoms with E-state index in [-0.39, 0.29) is 23.9 Å². The number of β-lactam (4-membered cyclic amide) rings is 1. The minimum absolute atomic E-state index is 0.0304. The molecule has 0 spiro atoms. The number of hydrogen-bond acceptors (Lipinski definition) is 15. The number of carboxylic acids is 2. The number of hydrogen-bond donors (Lipinski definition) is 6. The molecule has 3 saturated heterocycles. The number of anilines is 1. The number of halogens is 2. The second-order valence-electron chi connectivity index (χ2n) is 11.5. The summed E-state index contributed by atoms with van der Waals surface area (Å²) >= 11 is 13.3. The Morgan fingerprint density at radius 2 is 1.84 bits per heavy atom. The number of carboxylic acid groups (broad SMARTS) is 2. The van der Waals surface area contributed by atoms with Gasteiger partial charge in [0.1, 0.15) is 5.69 Å². The number of oxime groups is 1. The van der Waals surface area contributed by atoms with E-state index in [1.807, 2.05) is 0 Å². The molecule has 3 atom stereocenters. The number of urea groups is 1. The number of carbonyl (C=O) groups excluding carboxylic acids is 5. The first kappa shape index (κ1) is 36.4. The number of thiazole rings is 1. The van der Waals surface area contributed by atoms with E-state index in [4.69, 9.17) is 33.8 Å². The Balaban J connectivity index is 1.31. The number of nitrogens with one attached hydrogen (secondary N) is 1. The molecular weight excluding hydrogens is 749 g/mol. The second kappa shape index (κ2) is 13.1. The minimum atomic E-state index is -2.06. The molecule has 1 unspecified atom stereocenters. The van der Waals surface area contributed by atoms with Gasteiger partial charge in [0.2, 0.25) is 16.4 Å². The summed E-state index contributed by atoms with van der Waals surface area (Å²) in [5, 5.41) is 43.1. The van der Waals surface area contributed by atoms with E-state index in [2.05, 4.69) is 15.6 Å². The van der Waals surface area contributed by atoms with Crippen molar-refractivity contribution in [2.45, 2.75) is 36.1 Å². The fraction of sp³-hybridized carbons (Fsp3) is 0.370. The van der Waals surface area contributed by atoms with E-state index in [1.54, 1.807) is 0 Å². The van der Waals surface area contributed by atoms with Crippen LogP contribution < -0.4 is 11.2 Å². The average Bonchev–Trinajstić information content (AvgIpc) is 3.76. The van der Waals surface area contributed by atoms with Gasteiger partial charge in [0, 0.05) is 18.3 Å². The maximum Gasteiger partial charge on any atom is 0.350 e. The van der Waals surface area contributed by atoms with Crippen LogP contribution in [0.5, 0.6) is 11.5 Å². The number of nitrogens with two attached hydrogens (primary N) is 1. The van der Waals surface area contributed by atoms with Gasteiger partial charge < -0.3 is 35.9 Å². The number of aromatic nitrogens is 1. The molecule has 1 aromatic heterocycles. The van der Waals surface area contributed by atoms with Crippen molar-refractivity contribution in [3.05, 3.63) is 32.7 Å². The van der Waals surface area contributed by atoms with Crippen LogP contribution in [0, 0.1) is 5.92 Å². The van der Waals surface area contributed by atoms with E-state index < -0.39 is 109 Å². The van der Waals surface area contributed by atoms with Crippen LogP contribution in [0.25, 0.3) is 0 Å². The van der Waals surface area contributed by atoms with Crippen LogP contribution in [0.3, 0.4) is 0 Å². The Bertz CT molecular complexity index is 1910. The third-order valence-corrected chi connectivity index (χ3v) is 11.0. The largest absolute Gasteiger partial charge is 0.503 e. The van der Waals surface area contributed by atoms with Gasteiger partial charge in [-0.15, -0.1) is 11.3 Å². The molecule has 3 aliphatic rings. The Morgan fingerprint density at radius 1 is 1.16 bits per heavy atom. The molecule has 1 aromatic carbocycles. The van der Waals surface area contributed by atoms with Crippen LogP contribution in [0.15, 0.2) is 16.6 Å². The Hall–Kier alpha value is -4.86. The van der Waals surface area contributed by atoms with Crippen LogP contribution in [-0.2, 0) is 28.8 Å². The highest BCUT2D eigenvalue weighted by atomic mass is 35.5. The number of rotatable bonds is 12. The molecular formula is C27H25Cl2N7O12S2. The molecule has 0 saturated carbocycles. The number of phenolic OH excluding ortho intramolecular Hbond substituents is 2. The van der Waals surface area contributed by atoms with Gasteiger partial charge in [-0.1, -0.05) is 40.1 Å². The Labute approximate surface area is 298 Å². The van der Waals surface area contributed by atoms with Crippen molar-refractivity contribution in [3.63, 3.8) is 0 Å². The van der Waals surface area contributed by atoms with Crippen LogP contribution in [-0.4, -0.2) is 123 Å². The zero-order valence-corrected chi connectivity index (χ0v) is 28.7. The third-order valence-electron chi connectivity index (χ3n) is 7.90. The number of hydrazine groups is 1. The smallest absolute Gasteiger partial charge is 0.350 e. The molecule has 7 N–H and O–H groups in total. The number of benzene rings is 1. The monoisotopic (exact) mass is 773 g/mol. The lowest BCUT2D eigenvalue weighted by molar-refractivity contribution is -0.161. The number of aliphatic carboxylic acids is 2. The van der Waals surface area contributed by atoms with E-state index in [0.717, 1.165) is 34.1 Å². The fourth-order valence-electron chi connectivity index (χ4n) is 5.12. The minimum Gasteiger partial charge on any atom is -0.503 e. The molecule has 50 heavy (non-hydrogen) atoms. The number of nitrogens with zero attached hydrogens (tertiary/aromatic N) is 5. The summed E-state index contributed by atoms with van der Waals surface area (Å²) in [7, 11) is 0. The van der Waals surface area contributed by atoms with Gasteiger partial charge in [0.05, 0.1) is 40.0 Å². The summed E-state index contributed by atoms with van der Waals surface area (Å²) in [5.74, 6) is -9.86. The van der Waals surface area contributed by atoms with Gasteiger partial charge in [-0.05, 0) is 19.9 Å². The standard InChI is InChI=1S/C27H25Cl2N7O12S2/c1-26(2,22(43)44)48-33-15(12-7-49-24(30)31-12)13(37)6-10-20(42)34-8-27(23(45)46,50-21(10)34)35-3-4-36(25(35)47)32-19(41)16(38)9-5-11(28)17(39)18(40)14(9)29/h5,7,10,21,39-40H,3-4,6,8H2,1-2H3,(H2,30,31)(H,32,41)(H,43,44)(H,45,46)/b33-15-/t10?,21-,27-/m1/s1. The number of phenols is 2. The van der Waals surface area contributed by atoms with E-state index >= 15 is 0 Å². The van der Waals surface area contributed by atoms with Crippen LogP contribution >= 0.6 is 46.3 Å². The van der Waals surface area contributed by atoms with Crippen molar-refractivity contribution in [1.29, 1.82) is 0 Å². The number of thioether (sulfide) groups is 1. The first-order valence-corrected chi connectivity index (χ1v) is 16.6. The molecule has 0 radical (unpaired) electrons. The lowest BCUT2D eigenvalue weighted by atomic mass is 9.90. The van der Waals surface area contributed by atoms with Crippen molar-refractivity contribution in [3.8, 4) is 11.5 Å². The van der Waals surface area contributed by atoms with Gasteiger partial charge in [-0.3, -0.25) is 29.5 Å². The van der Waals surface area contributed by atoms with E-state index in [9.17, 15) is 54.0 Å². The molecule has 23 heteroatoms. The molecule has 0 aliphatic carbocycles. The zero-order chi connectivity index (χ0) is 37.0. The zero-order valence-electron chi connectivity index (χ0n) is 25.6. The number of Topliss-reactive ketones (excluding diaryl/α,β-unsaturated/α-hetero) is 2. The van der Waals surface area contributed by atoms with Crippen molar-refractivity contribution < 1.29 is 58.8 Å². The normalized spacial score (nSPS) is 21.9. The molecule has 4 heterocycles. The SMILES string of the molecule is CC(C)(O/N=C(\C(=O)CC1C(=O)N2C[C@@](C(=O)O)(N3CCN(NC(=O)C(=O)c4cc(Cl)c(O)c(O)c4Cl)C3=O)S[C@H]12)c1csc(N)n1)C(=O)O. The molecule has 266 valence electrons. The molecule has 3 aliphatic heterocycles. The number of nitrogen functional groups attached to an aromatic ring is 1. The summed E-state index contributed by atoms with van der Waals surface area (Å²) in [6, 6.07) is -0.198. The number of ketones is 2. The number of carbonyl (C=O) groups is 7. The van der Waals surface area contributed by atoms with Crippen molar-refractivity contribution >= 4 is 98.5 Å². The Kier molecular flexibility index (Phi) is 9.55. The van der Waals surface area contributed by atoms with Gasteiger partial charge in [0.25, 0.3) is 5.78 Å². The van der Waals surface area contributed by atoms with Crippen LogP contribution in [0.2, 0.25) is 10.0 Å². The molecule has 0 bridgehead atoms. The molecule has 2 aromatic rings. The fourth-order valence-corrected chi connectivity index (χ4v) is 7.79. The maximum absolute atomic E-state index is 13.4. The number of amides is 4. The van der Waals surface area contributed by atoms with E-state index in [0.29, 0.717) is 5.01 Å². The lowest BCUT2D eigenvalue weighted by Gasteiger charge is -2.40. The highest BCUT2D eigenvalue weighted by Crippen LogP contribution is 2.53. The maximum atomic E-state index is 13.4. The Morgan fingerprint density at radius 3 is 2.44 bits per heavy atom. The van der Waals surface area contributed by atoms with Crippen LogP contribution in [0.4, 0.5) is 9.93 Å². The quantitative estimate of drug-likeness (QED) is 0.0437. The van der Waals surface area contributed by atoms with Crippen molar-refractivity contribution in [2.24, 2.45) is 11.1 Å². The highest BCUT2D eigenvalue weighted by Gasteiger charge is 2.66. The van der Waals surface area contributed by atoms with Gasteiger partial charge in [0.15, 0.2) is 28.1 Å². The third kappa shape index (κ3) is 6.20. The predicted octanol–water partition coefficient (Wildman–Crippen LogP) is 0.950. The summed E-state index contributed by atoms with van der Waals surface area (Å²) < 4.78 is 0. The number of aromatic hydroxyl groups is 2. The van der Waals surface area contributed by atoms with Crippen molar-refractivity contribution in [2.75, 3.05) is 25.4 Å². The second-order valence-corrected chi connectivity index (χ2v) is 14.6. The summed E-state index contributed by atoms with van der Waals surface area (Å²) in [6.07, 6.45) is -0.506. The molecule has 4 amide bonds. The van der Waals surface area contributed by atoms with E-state index in [1.165, 1.54) is 24.1 Å². The van der Waals surface area contributed by atoms with Crippen molar-refractivity contribution in [1.82, 2.24) is 25.2 Å². The topological polar surface area (TPSA) is 283 Å². The summed E-state index contributed by atoms with van der Waals surface area (Å²) in [5.41, 5.74) is 4.89. The first-order valence-electron chi connectivity index (χ1n) is 14.1. The predicted molar refractivity (Wildman–Crippen MR) is 174 cm³/mol. The van der Waals surface area contributed by atoms with Gasteiger partial charge in [-0.2, -0.15) is 0 Å². The van der Waals surface area contributed by atoms with Gasteiger partial charge >= 0.3 is 23.9 Å². The lowest BCUT2D eigenvalue weighted by Crippen LogP contribution is -2.60. The first-order chi connectivity index (χ1) is 23.3. The summed E-state index contributed by atoms with van der Waals surface area (Å²) in [6.45, 7) is 1.36. The molecule has 19 nitrogen and oxygen atoms in total. The molecule has 3 fully saturated rings. The summed E-state index contributed by atoms with van der Waals surface area (Å²) in [4.78, 5) is 99.0. The average molecular weight is 775 g/mol. The van der Waals surface area contributed by atoms with Crippen LogP contribution in [0.1, 0.15) is 36.3 Å². The molecule has 5 rings (SSSR count). The number of fused-ring (bicyclic) bond motifs is 1. The highest BCUT2D eigenvalue weighted by molar-refractivity contribution is 8.02. The van der Waals surface area contributed by atoms with Gasteiger partial charge in [-0.25, -0.2) is 24.4 Å².